The van der Waals surface area contributed by atoms with Gasteiger partial charge in [0.1, 0.15) is 0 Å². The molecule has 2 unspecified atom stereocenters. The third kappa shape index (κ3) is 2.29. The third-order valence-corrected chi connectivity index (χ3v) is 4.08. The quantitative estimate of drug-likeness (QED) is 0.854. The van der Waals surface area contributed by atoms with Crippen molar-refractivity contribution in [3.05, 3.63) is 18.5 Å². The number of hydrogen-bond donors (Lipinski definition) is 2. The number of fused-ring (bicyclic) bond motifs is 1. The molecule has 2 fully saturated rings. The molecular weight excluding hydrogens is 224 g/mol. The molecule has 0 saturated carbocycles. The molecule has 1 aromatic heterocycles. The van der Waals surface area contributed by atoms with Crippen LogP contribution >= 0.6 is 0 Å². The number of rotatable bonds is 4. The molecule has 98 valence electrons. The Kier molecular flexibility index (Phi) is 3.37. The first-order valence-electron chi connectivity index (χ1n) is 7.06. The van der Waals surface area contributed by atoms with Gasteiger partial charge in [0.15, 0.2) is 0 Å². The van der Waals surface area contributed by atoms with Gasteiger partial charge in [-0.25, -0.2) is 0 Å². The first kappa shape index (κ1) is 11.8. The van der Waals surface area contributed by atoms with Crippen LogP contribution in [0.3, 0.4) is 0 Å². The van der Waals surface area contributed by atoms with Crippen LogP contribution in [0.4, 0.5) is 11.4 Å². The zero-order valence-electron chi connectivity index (χ0n) is 11.0. The molecule has 2 saturated heterocycles. The Morgan fingerprint density at radius 2 is 2.17 bits per heavy atom. The van der Waals surface area contributed by atoms with E-state index in [1.54, 1.807) is 0 Å². The molecule has 4 heteroatoms. The molecule has 1 aromatic rings. The Morgan fingerprint density at radius 1 is 1.28 bits per heavy atom. The summed E-state index contributed by atoms with van der Waals surface area (Å²) in [4.78, 5) is 6.92. The molecule has 3 rings (SSSR count). The van der Waals surface area contributed by atoms with Crippen molar-refractivity contribution in [1.29, 1.82) is 0 Å². The minimum absolute atomic E-state index is 0.603. The number of pyridine rings is 1. The number of hydrogen-bond acceptors (Lipinski definition) is 4. The lowest BCUT2D eigenvalue weighted by Crippen LogP contribution is -2.33. The van der Waals surface area contributed by atoms with E-state index >= 15 is 0 Å². The summed E-state index contributed by atoms with van der Waals surface area (Å²) < 4.78 is 0. The van der Waals surface area contributed by atoms with Gasteiger partial charge in [0.25, 0.3) is 0 Å². The number of anilines is 2. The summed E-state index contributed by atoms with van der Waals surface area (Å²) in [7, 11) is 0. The van der Waals surface area contributed by atoms with Gasteiger partial charge in [0, 0.05) is 25.2 Å². The van der Waals surface area contributed by atoms with Crippen molar-refractivity contribution < 1.29 is 0 Å². The van der Waals surface area contributed by atoms with Crippen LogP contribution in [0.5, 0.6) is 0 Å². The second-order valence-corrected chi connectivity index (χ2v) is 5.28. The second kappa shape index (κ2) is 5.14. The van der Waals surface area contributed by atoms with Crippen molar-refractivity contribution in [3.8, 4) is 0 Å². The predicted octanol–water partition coefficient (Wildman–Crippen LogP) is 2.16. The molecule has 0 amide bonds. The van der Waals surface area contributed by atoms with E-state index in [1.807, 2.05) is 12.4 Å². The number of nitrogens with one attached hydrogen (secondary N) is 2. The van der Waals surface area contributed by atoms with E-state index in [9.17, 15) is 0 Å². The van der Waals surface area contributed by atoms with E-state index in [-0.39, 0.29) is 0 Å². The lowest BCUT2D eigenvalue weighted by molar-refractivity contribution is 0.318. The van der Waals surface area contributed by atoms with Gasteiger partial charge in [-0.15, -0.1) is 0 Å². The average molecular weight is 246 g/mol. The summed E-state index contributed by atoms with van der Waals surface area (Å²) in [5, 5.41) is 6.97. The molecule has 2 aliphatic rings. The fraction of sp³-hybridized carbons (Fsp3) is 0.643. The standard InChI is InChI=1S/C14H22N4/c1-2-16-11-8-12(10-15-9-11)17-13-5-7-18-6-3-4-14(13)18/h8-10,13-14,16-17H,2-7H2,1H3. The topological polar surface area (TPSA) is 40.2 Å². The smallest absolute Gasteiger partial charge is 0.0550 e. The summed E-state index contributed by atoms with van der Waals surface area (Å²) in [5.41, 5.74) is 2.25. The van der Waals surface area contributed by atoms with Crippen LogP contribution in [0.15, 0.2) is 18.5 Å². The fourth-order valence-corrected chi connectivity index (χ4v) is 3.28. The van der Waals surface area contributed by atoms with Crippen molar-refractivity contribution in [2.45, 2.75) is 38.3 Å². The number of aromatic nitrogens is 1. The summed E-state index contributed by atoms with van der Waals surface area (Å²) in [6, 6.07) is 3.51. The maximum Gasteiger partial charge on any atom is 0.0550 e. The first-order valence-corrected chi connectivity index (χ1v) is 7.06. The highest BCUT2D eigenvalue weighted by molar-refractivity contribution is 5.54. The summed E-state index contributed by atoms with van der Waals surface area (Å²) >= 11 is 0. The molecule has 2 atom stereocenters. The first-order chi connectivity index (χ1) is 8.86. The fourth-order valence-electron chi connectivity index (χ4n) is 3.28. The van der Waals surface area contributed by atoms with Crippen LogP contribution in [0.1, 0.15) is 26.2 Å². The maximum atomic E-state index is 4.29. The monoisotopic (exact) mass is 246 g/mol. The van der Waals surface area contributed by atoms with E-state index in [0.29, 0.717) is 6.04 Å². The molecule has 0 radical (unpaired) electrons. The van der Waals surface area contributed by atoms with E-state index < -0.39 is 0 Å². The van der Waals surface area contributed by atoms with E-state index in [0.717, 1.165) is 24.0 Å². The molecule has 0 aromatic carbocycles. The Labute approximate surface area is 109 Å². The lowest BCUT2D eigenvalue weighted by Gasteiger charge is -2.22. The molecule has 0 bridgehead atoms. The normalized spacial score (nSPS) is 27.2. The van der Waals surface area contributed by atoms with Crippen LogP contribution < -0.4 is 10.6 Å². The minimum atomic E-state index is 0.603. The predicted molar refractivity (Wildman–Crippen MR) is 75.0 cm³/mol. The molecule has 0 spiro atoms. The molecule has 0 aliphatic carbocycles. The van der Waals surface area contributed by atoms with Crippen LogP contribution in [0.25, 0.3) is 0 Å². The second-order valence-electron chi connectivity index (χ2n) is 5.28. The summed E-state index contributed by atoms with van der Waals surface area (Å²) in [6.07, 6.45) is 7.77. The van der Waals surface area contributed by atoms with Crippen molar-refractivity contribution in [2.75, 3.05) is 30.3 Å². The van der Waals surface area contributed by atoms with Crippen LogP contribution in [0, 0.1) is 0 Å². The van der Waals surface area contributed by atoms with Gasteiger partial charge in [-0.3, -0.25) is 9.88 Å². The Bertz CT molecular complexity index is 407. The van der Waals surface area contributed by atoms with Gasteiger partial charge in [0.05, 0.1) is 23.8 Å². The van der Waals surface area contributed by atoms with Gasteiger partial charge in [0.2, 0.25) is 0 Å². The Balaban J connectivity index is 1.67. The van der Waals surface area contributed by atoms with Crippen LogP contribution in [-0.2, 0) is 0 Å². The summed E-state index contributed by atoms with van der Waals surface area (Å²) in [6.45, 7) is 5.58. The summed E-state index contributed by atoms with van der Waals surface area (Å²) in [5.74, 6) is 0. The van der Waals surface area contributed by atoms with E-state index in [1.165, 1.54) is 32.4 Å². The molecular formula is C14H22N4. The highest BCUT2D eigenvalue weighted by Gasteiger charge is 2.36. The highest BCUT2D eigenvalue weighted by Crippen LogP contribution is 2.30. The zero-order valence-corrected chi connectivity index (χ0v) is 11.0. The minimum Gasteiger partial charge on any atom is -0.384 e. The van der Waals surface area contributed by atoms with E-state index in [2.05, 4.69) is 33.5 Å². The SMILES string of the molecule is CCNc1cncc(NC2CCN3CCCC23)c1. The van der Waals surface area contributed by atoms with E-state index in [4.69, 9.17) is 0 Å². The van der Waals surface area contributed by atoms with Gasteiger partial charge in [-0.05, 0) is 38.8 Å². The highest BCUT2D eigenvalue weighted by atomic mass is 15.2. The zero-order chi connectivity index (χ0) is 12.4. The lowest BCUT2D eigenvalue weighted by atomic mass is 10.1. The molecule has 2 aliphatic heterocycles. The Morgan fingerprint density at radius 3 is 3.06 bits per heavy atom. The van der Waals surface area contributed by atoms with Gasteiger partial charge in [-0.2, -0.15) is 0 Å². The molecule has 2 N–H and O–H groups in total. The van der Waals surface area contributed by atoms with Gasteiger partial charge >= 0.3 is 0 Å². The van der Waals surface area contributed by atoms with Crippen molar-refractivity contribution >= 4 is 11.4 Å². The van der Waals surface area contributed by atoms with Crippen LogP contribution in [-0.4, -0.2) is 41.6 Å². The van der Waals surface area contributed by atoms with Crippen LogP contribution in [0.2, 0.25) is 0 Å². The van der Waals surface area contributed by atoms with Gasteiger partial charge < -0.3 is 10.6 Å². The molecule has 4 nitrogen and oxygen atoms in total. The molecule has 3 heterocycles. The molecule has 18 heavy (non-hydrogen) atoms. The van der Waals surface area contributed by atoms with Gasteiger partial charge in [-0.1, -0.05) is 0 Å². The van der Waals surface area contributed by atoms with Crippen molar-refractivity contribution in [1.82, 2.24) is 9.88 Å². The maximum absolute atomic E-state index is 4.29. The largest absolute Gasteiger partial charge is 0.384 e. The number of nitrogens with zero attached hydrogens (tertiary/aromatic N) is 2. The van der Waals surface area contributed by atoms with Crippen molar-refractivity contribution in [2.24, 2.45) is 0 Å². The third-order valence-electron chi connectivity index (χ3n) is 4.08. The Hall–Kier alpha value is -1.29. The van der Waals surface area contributed by atoms with Crippen molar-refractivity contribution in [3.63, 3.8) is 0 Å². The average Bonchev–Trinajstić information content (AvgIpc) is 2.95.